The van der Waals surface area contributed by atoms with E-state index in [4.69, 9.17) is 0 Å². The fourth-order valence-electron chi connectivity index (χ4n) is 3.19. The van der Waals surface area contributed by atoms with E-state index in [2.05, 4.69) is 0 Å². The summed E-state index contributed by atoms with van der Waals surface area (Å²) in [5.41, 5.74) is 1.57. The molecule has 0 bridgehead atoms. The van der Waals surface area contributed by atoms with Crippen LogP contribution >= 0.6 is 0 Å². The van der Waals surface area contributed by atoms with Crippen molar-refractivity contribution in [2.75, 3.05) is 13.1 Å². The maximum absolute atomic E-state index is 12.9. The number of benzene rings is 1. The van der Waals surface area contributed by atoms with Gasteiger partial charge in [-0.2, -0.15) is 0 Å². The van der Waals surface area contributed by atoms with Crippen molar-refractivity contribution in [3.8, 4) is 0 Å². The van der Waals surface area contributed by atoms with Gasteiger partial charge < -0.3 is 10.0 Å². The third-order valence-electron chi connectivity index (χ3n) is 4.82. The van der Waals surface area contributed by atoms with Gasteiger partial charge in [-0.25, -0.2) is 0 Å². The molecule has 22 heavy (non-hydrogen) atoms. The van der Waals surface area contributed by atoms with Crippen molar-refractivity contribution in [3.63, 3.8) is 0 Å². The molecule has 2 rings (SSSR count). The highest BCUT2D eigenvalue weighted by atomic mass is 16.4. The van der Waals surface area contributed by atoms with E-state index in [9.17, 15) is 14.7 Å². The third kappa shape index (κ3) is 3.16. The molecule has 1 aromatic rings. The van der Waals surface area contributed by atoms with Crippen molar-refractivity contribution in [2.45, 2.75) is 39.5 Å². The summed E-state index contributed by atoms with van der Waals surface area (Å²) in [7, 11) is 0. The molecule has 2 atom stereocenters. The van der Waals surface area contributed by atoms with Gasteiger partial charge in [-0.05, 0) is 38.7 Å². The van der Waals surface area contributed by atoms with Gasteiger partial charge in [-0.15, -0.1) is 0 Å². The molecule has 1 amide bonds. The highest BCUT2D eigenvalue weighted by Gasteiger charge is 2.38. The van der Waals surface area contributed by atoms with E-state index in [1.807, 2.05) is 56.9 Å². The fraction of sp³-hybridized carbons (Fsp3) is 0.556. The number of carboxylic acids is 1. The minimum absolute atomic E-state index is 0.0102. The Morgan fingerprint density at radius 3 is 2.32 bits per heavy atom. The number of carbonyl (C=O) groups excluding carboxylic acids is 1. The predicted octanol–water partition coefficient (Wildman–Crippen LogP) is 2.84. The maximum Gasteiger partial charge on any atom is 0.306 e. The SMILES string of the molecule is Cc1ccc(C(C)(C)C(=O)N2CCC(C(=O)O)C(C)C2)cc1. The molecule has 2 unspecified atom stereocenters. The Balaban J connectivity index is 2.14. The van der Waals surface area contributed by atoms with Gasteiger partial charge in [-0.1, -0.05) is 36.8 Å². The molecule has 1 aromatic carbocycles. The molecule has 0 radical (unpaired) electrons. The first kappa shape index (κ1) is 16.5. The summed E-state index contributed by atoms with van der Waals surface area (Å²) >= 11 is 0. The molecule has 1 heterocycles. The van der Waals surface area contributed by atoms with Gasteiger partial charge in [0.2, 0.25) is 5.91 Å². The van der Waals surface area contributed by atoms with E-state index in [0.29, 0.717) is 19.5 Å². The minimum atomic E-state index is -0.752. The standard InChI is InChI=1S/C18H25NO3/c1-12-5-7-14(8-6-12)18(3,4)17(22)19-10-9-15(16(20)21)13(2)11-19/h5-8,13,15H,9-11H2,1-4H3,(H,20,21). The molecule has 1 aliphatic heterocycles. The molecule has 0 aromatic heterocycles. The summed E-state index contributed by atoms with van der Waals surface area (Å²) in [4.78, 5) is 25.9. The van der Waals surface area contributed by atoms with Crippen LogP contribution in [0, 0.1) is 18.8 Å². The molecule has 120 valence electrons. The lowest BCUT2D eigenvalue weighted by Crippen LogP contribution is -2.50. The lowest BCUT2D eigenvalue weighted by atomic mass is 9.80. The zero-order chi connectivity index (χ0) is 16.5. The van der Waals surface area contributed by atoms with Crippen molar-refractivity contribution in [1.29, 1.82) is 0 Å². The Hall–Kier alpha value is -1.84. The summed E-state index contributed by atoms with van der Waals surface area (Å²) < 4.78 is 0. The fourth-order valence-corrected chi connectivity index (χ4v) is 3.19. The van der Waals surface area contributed by atoms with Gasteiger partial charge in [0.1, 0.15) is 0 Å². The lowest BCUT2D eigenvalue weighted by molar-refractivity contribution is -0.149. The molecule has 1 N–H and O–H groups in total. The Kier molecular flexibility index (Phi) is 4.59. The smallest absolute Gasteiger partial charge is 0.306 e. The van der Waals surface area contributed by atoms with Crippen LogP contribution in [-0.4, -0.2) is 35.0 Å². The van der Waals surface area contributed by atoms with Gasteiger partial charge >= 0.3 is 5.97 Å². The average molecular weight is 303 g/mol. The normalized spacial score (nSPS) is 22.5. The second kappa shape index (κ2) is 6.11. The molecule has 0 saturated carbocycles. The number of piperidine rings is 1. The van der Waals surface area contributed by atoms with Crippen LogP contribution in [0.4, 0.5) is 0 Å². The Bertz CT molecular complexity index is 562. The summed E-state index contributed by atoms with van der Waals surface area (Å²) in [5.74, 6) is -1.03. The second-order valence-electron chi connectivity index (χ2n) is 6.95. The summed E-state index contributed by atoms with van der Waals surface area (Å²) in [6, 6.07) is 8.04. The average Bonchev–Trinajstić information content (AvgIpc) is 2.46. The quantitative estimate of drug-likeness (QED) is 0.934. The summed E-state index contributed by atoms with van der Waals surface area (Å²) in [5, 5.41) is 9.19. The third-order valence-corrected chi connectivity index (χ3v) is 4.82. The van der Waals surface area contributed by atoms with Crippen molar-refractivity contribution in [1.82, 2.24) is 4.90 Å². The van der Waals surface area contributed by atoms with Crippen molar-refractivity contribution >= 4 is 11.9 Å². The van der Waals surface area contributed by atoms with Gasteiger partial charge in [-0.3, -0.25) is 9.59 Å². The Morgan fingerprint density at radius 2 is 1.82 bits per heavy atom. The van der Waals surface area contributed by atoms with Gasteiger partial charge in [0, 0.05) is 13.1 Å². The molecule has 1 fully saturated rings. The van der Waals surface area contributed by atoms with E-state index >= 15 is 0 Å². The van der Waals surface area contributed by atoms with E-state index in [-0.39, 0.29) is 17.7 Å². The number of likely N-dealkylation sites (tertiary alicyclic amines) is 1. The van der Waals surface area contributed by atoms with Crippen LogP contribution in [0.25, 0.3) is 0 Å². The Morgan fingerprint density at radius 1 is 1.23 bits per heavy atom. The minimum Gasteiger partial charge on any atom is -0.481 e. The summed E-state index contributed by atoms with van der Waals surface area (Å²) in [6.45, 7) is 8.86. The highest BCUT2D eigenvalue weighted by molar-refractivity contribution is 5.87. The van der Waals surface area contributed by atoms with Gasteiger partial charge in [0.25, 0.3) is 0 Å². The number of hydrogen-bond donors (Lipinski definition) is 1. The number of aliphatic carboxylic acids is 1. The number of carboxylic acid groups (broad SMARTS) is 1. The molecular formula is C18H25NO3. The van der Waals surface area contributed by atoms with E-state index in [0.717, 1.165) is 5.56 Å². The number of amides is 1. The molecule has 0 spiro atoms. The molecule has 0 aliphatic carbocycles. The first-order valence-electron chi connectivity index (χ1n) is 7.83. The molecule has 4 heteroatoms. The van der Waals surface area contributed by atoms with Crippen LogP contribution < -0.4 is 0 Å². The zero-order valence-electron chi connectivity index (χ0n) is 13.8. The Labute approximate surface area is 132 Å². The predicted molar refractivity (Wildman–Crippen MR) is 85.7 cm³/mol. The highest BCUT2D eigenvalue weighted by Crippen LogP contribution is 2.30. The monoisotopic (exact) mass is 303 g/mol. The molecular weight excluding hydrogens is 278 g/mol. The van der Waals surface area contributed by atoms with Crippen LogP contribution in [0.5, 0.6) is 0 Å². The maximum atomic E-state index is 12.9. The summed E-state index contributed by atoms with van der Waals surface area (Å²) in [6.07, 6.45) is 0.534. The largest absolute Gasteiger partial charge is 0.481 e. The zero-order valence-corrected chi connectivity index (χ0v) is 13.8. The molecule has 4 nitrogen and oxygen atoms in total. The lowest BCUT2D eigenvalue weighted by Gasteiger charge is -2.39. The van der Waals surface area contributed by atoms with Crippen molar-refractivity contribution < 1.29 is 14.7 Å². The van der Waals surface area contributed by atoms with E-state index in [1.54, 1.807) is 0 Å². The number of hydrogen-bond acceptors (Lipinski definition) is 2. The van der Waals surface area contributed by atoms with Crippen LogP contribution in [0.1, 0.15) is 38.3 Å². The van der Waals surface area contributed by atoms with Crippen LogP contribution in [-0.2, 0) is 15.0 Å². The van der Waals surface area contributed by atoms with Crippen LogP contribution in [0.15, 0.2) is 24.3 Å². The van der Waals surface area contributed by atoms with Crippen molar-refractivity contribution in [2.24, 2.45) is 11.8 Å². The van der Waals surface area contributed by atoms with Gasteiger partial charge in [0.15, 0.2) is 0 Å². The first-order chi connectivity index (χ1) is 10.2. The second-order valence-corrected chi connectivity index (χ2v) is 6.95. The number of aryl methyl sites for hydroxylation is 1. The van der Waals surface area contributed by atoms with E-state index in [1.165, 1.54) is 5.56 Å². The number of carbonyl (C=O) groups is 2. The van der Waals surface area contributed by atoms with Crippen molar-refractivity contribution in [3.05, 3.63) is 35.4 Å². The number of nitrogens with zero attached hydrogens (tertiary/aromatic N) is 1. The number of rotatable bonds is 3. The molecule has 1 aliphatic rings. The van der Waals surface area contributed by atoms with Crippen LogP contribution in [0.3, 0.4) is 0 Å². The first-order valence-corrected chi connectivity index (χ1v) is 7.83. The van der Waals surface area contributed by atoms with E-state index < -0.39 is 11.4 Å². The van der Waals surface area contributed by atoms with Gasteiger partial charge in [0.05, 0.1) is 11.3 Å². The van der Waals surface area contributed by atoms with Crippen LogP contribution in [0.2, 0.25) is 0 Å². The topological polar surface area (TPSA) is 57.6 Å². The molecule has 1 saturated heterocycles.